The highest BCUT2D eigenvalue weighted by Crippen LogP contribution is 2.31. The van der Waals surface area contributed by atoms with Crippen LogP contribution in [0.25, 0.3) is 0 Å². The van der Waals surface area contributed by atoms with Gasteiger partial charge >= 0.3 is 12.1 Å². The molecule has 0 saturated heterocycles. The van der Waals surface area contributed by atoms with E-state index in [9.17, 15) is 14.7 Å². The largest absolute Gasteiger partial charge is 0.480 e. The standard InChI is InChI=1S/C18H27NO4/c1-12-9-8-10-13(11-12)18(5,6)14(15(20)21)19(7)16(22)23-17(2,3)4/h8-11,14H,1-7H3,(H,20,21)/t14-/m1/s1. The number of hydrogen-bond acceptors (Lipinski definition) is 3. The molecule has 0 aliphatic carbocycles. The topological polar surface area (TPSA) is 66.8 Å². The van der Waals surface area contributed by atoms with Crippen LogP contribution in [0.4, 0.5) is 4.79 Å². The van der Waals surface area contributed by atoms with E-state index in [1.165, 1.54) is 7.05 Å². The number of benzene rings is 1. The van der Waals surface area contributed by atoms with Crippen molar-refractivity contribution in [3.05, 3.63) is 35.4 Å². The summed E-state index contributed by atoms with van der Waals surface area (Å²) < 4.78 is 5.31. The summed E-state index contributed by atoms with van der Waals surface area (Å²) in [6.45, 7) is 10.8. The fourth-order valence-corrected chi connectivity index (χ4v) is 2.60. The third-order valence-corrected chi connectivity index (χ3v) is 3.75. The second-order valence-electron chi connectivity index (χ2n) is 7.42. The number of likely N-dealkylation sites (N-methyl/N-ethyl adjacent to an activating group) is 1. The van der Waals surface area contributed by atoms with Crippen LogP contribution >= 0.6 is 0 Å². The minimum atomic E-state index is -1.06. The zero-order valence-electron chi connectivity index (χ0n) is 15.0. The predicted molar refractivity (Wildman–Crippen MR) is 89.6 cm³/mol. The Bertz CT molecular complexity index is 587. The molecule has 0 aromatic heterocycles. The van der Waals surface area contributed by atoms with Crippen molar-refractivity contribution in [2.45, 2.75) is 58.6 Å². The summed E-state index contributed by atoms with van der Waals surface area (Å²) in [6.07, 6.45) is -0.648. The number of amides is 1. The normalized spacial score (nSPS) is 13.3. The summed E-state index contributed by atoms with van der Waals surface area (Å²) in [7, 11) is 1.46. The summed E-state index contributed by atoms with van der Waals surface area (Å²) in [5.74, 6) is -1.06. The fourth-order valence-electron chi connectivity index (χ4n) is 2.60. The van der Waals surface area contributed by atoms with Crippen LogP contribution in [-0.2, 0) is 14.9 Å². The first kappa shape index (κ1) is 19.0. The molecule has 1 aromatic carbocycles. The number of aryl methyl sites for hydroxylation is 1. The van der Waals surface area contributed by atoms with Crippen LogP contribution in [0, 0.1) is 6.92 Å². The van der Waals surface area contributed by atoms with Gasteiger partial charge in [0.1, 0.15) is 11.6 Å². The molecule has 0 saturated carbocycles. The third-order valence-electron chi connectivity index (χ3n) is 3.75. The fraction of sp³-hybridized carbons (Fsp3) is 0.556. The van der Waals surface area contributed by atoms with Crippen molar-refractivity contribution in [1.82, 2.24) is 4.90 Å². The van der Waals surface area contributed by atoms with Crippen molar-refractivity contribution < 1.29 is 19.4 Å². The van der Waals surface area contributed by atoms with Crippen LogP contribution in [0.5, 0.6) is 0 Å². The predicted octanol–water partition coefficient (Wildman–Crippen LogP) is 3.59. The first-order chi connectivity index (χ1) is 10.4. The van der Waals surface area contributed by atoms with E-state index in [4.69, 9.17) is 4.74 Å². The average Bonchev–Trinajstić information content (AvgIpc) is 2.35. The van der Waals surface area contributed by atoms with Gasteiger partial charge in [-0.15, -0.1) is 0 Å². The summed E-state index contributed by atoms with van der Waals surface area (Å²) >= 11 is 0. The van der Waals surface area contributed by atoms with Gasteiger partial charge in [-0.2, -0.15) is 0 Å². The van der Waals surface area contributed by atoms with Crippen LogP contribution in [0.1, 0.15) is 45.7 Å². The highest BCUT2D eigenvalue weighted by molar-refractivity contribution is 5.82. The van der Waals surface area contributed by atoms with Crippen molar-refractivity contribution >= 4 is 12.1 Å². The molecule has 0 spiro atoms. The van der Waals surface area contributed by atoms with Gasteiger partial charge in [0.2, 0.25) is 0 Å². The maximum Gasteiger partial charge on any atom is 0.410 e. The minimum Gasteiger partial charge on any atom is -0.480 e. The van der Waals surface area contributed by atoms with E-state index in [0.29, 0.717) is 0 Å². The van der Waals surface area contributed by atoms with Crippen LogP contribution in [-0.4, -0.2) is 40.8 Å². The summed E-state index contributed by atoms with van der Waals surface area (Å²) in [5, 5.41) is 9.71. The van der Waals surface area contributed by atoms with Gasteiger partial charge in [-0.1, -0.05) is 43.7 Å². The first-order valence-corrected chi connectivity index (χ1v) is 7.62. The van der Waals surface area contributed by atoms with E-state index >= 15 is 0 Å². The highest BCUT2D eigenvalue weighted by Gasteiger charge is 2.42. The molecular weight excluding hydrogens is 294 g/mol. The Morgan fingerprint density at radius 2 is 1.74 bits per heavy atom. The maximum absolute atomic E-state index is 12.3. The number of carboxylic acids is 1. The molecule has 128 valence electrons. The van der Waals surface area contributed by atoms with Gasteiger partial charge in [-0.25, -0.2) is 9.59 Å². The number of aliphatic carboxylic acids is 1. The lowest BCUT2D eigenvalue weighted by atomic mass is 9.76. The molecule has 0 heterocycles. The molecule has 1 atom stereocenters. The number of carbonyl (C=O) groups excluding carboxylic acids is 1. The molecule has 0 aliphatic heterocycles. The van der Waals surface area contributed by atoms with E-state index < -0.39 is 29.1 Å². The third kappa shape index (κ3) is 4.71. The van der Waals surface area contributed by atoms with E-state index in [0.717, 1.165) is 16.0 Å². The van der Waals surface area contributed by atoms with Crippen molar-refractivity contribution in [2.75, 3.05) is 7.05 Å². The van der Waals surface area contributed by atoms with E-state index in [1.807, 2.05) is 45.0 Å². The Morgan fingerprint density at radius 1 is 1.17 bits per heavy atom. The average molecular weight is 321 g/mol. The number of hydrogen-bond donors (Lipinski definition) is 1. The van der Waals surface area contributed by atoms with Crippen LogP contribution in [0.15, 0.2) is 24.3 Å². The van der Waals surface area contributed by atoms with Crippen molar-refractivity contribution in [3.8, 4) is 0 Å². The first-order valence-electron chi connectivity index (χ1n) is 7.62. The summed E-state index contributed by atoms with van der Waals surface area (Å²) in [5.41, 5.74) is 0.450. The highest BCUT2D eigenvalue weighted by atomic mass is 16.6. The second kappa shape index (κ2) is 6.60. The molecule has 1 rings (SSSR count). The van der Waals surface area contributed by atoms with Gasteiger partial charge < -0.3 is 9.84 Å². The molecule has 23 heavy (non-hydrogen) atoms. The number of ether oxygens (including phenoxy) is 1. The maximum atomic E-state index is 12.3. The molecule has 1 amide bonds. The zero-order valence-corrected chi connectivity index (χ0v) is 15.0. The number of nitrogens with zero attached hydrogens (tertiary/aromatic N) is 1. The van der Waals surface area contributed by atoms with E-state index in [1.54, 1.807) is 20.8 Å². The van der Waals surface area contributed by atoms with Gasteiger partial charge in [0.25, 0.3) is 0 Å². The number of carboxylic acid groups (broad SMARTS) is 1. The smallest absolute Gasteiger partial charge is 0.410 e. The summed E-state index contributed by atoms with van der Waals surface area (Å²) in [4.78, 5) is 25.3. The molecule has 0 aliphatic rings. The Morgan fingerprint density at radius 3 is 2.17 bits per heavy atom. The quantitative estimate of drug-likeness (QED) is 0.920. The number of rotatable bonds is 4. The minimum absolute atomic E-state index is 0.648. The lowest BCUT2D eigenvalue weighted by Gasteiger charge is -2.38. The molecule has 1 aromatic rings. The number of carbonyl (C=O) groups is 2. The van der Waals surface area contributed by atoms with Crippen molar-refractivity contribution in [3.63, 3.8) is 0 Å². The molecule has 0 bridgehead atoms. The Balaban J connectivity index is 3.19. The second-order valence-corrected chi connectivity index (χ2v) is 7.42. The lowest BCUT2D eigenvalue weighted by Crippen LogP contribution is -2.54. The molecule has 0 radical (unpaired) electrons. The zero-order chi connectivity index (χ0) is 18.0. The van der Waals surface area contributed by atoms with Crippen LogP contribution in [0.3, 0.4) is 0 Å². The van der Waals surface area contributed by atoms with Gasteiger partial charge in [-0.3, -0.25) is 4.90 Å². The van der Waals surface area contributed by atoms with Gasteiger partial charge in [-0.05, 0) is 33.3 Å². The van der Waals surface area contributed by atoms with Crippen molar-refractivity contribution in [2.24, 2.45) is 0 Å². The van der Waals surface area contributed by atoms with E-state index in [-0.39, 0.29) is 0 Å². The van der Waals surface area contributed by atoms with E-state index in [2.05, 4.69) is 0 Å². The molecule has 0 unspecified atom stereocenters. The summed E-state index contributed by atoms with van der Waals surface area (Å²) in [6, 6.07) is 6.62. The Kier molecular flexibility index (Phi) is 5.46. The van der Waals surface area contributed by atoms with Crippen molar-refractivity contribution in [1.29, 1.82) is 0 Å². The molecule has 5 nitrogen and oxygen atoms in total. The SMILES string of the molecule is Cc1cccc(C(C)(C)[C@@H](C(=O)O)N(C)C(=O)OC(C)(C)C)c1. The van der Waals surface area contributed by atoms with Gasteiger partial charge in [0, 0.05) is 12.5 Å². The molecule has 5 heteroatoms. The lowest BCUT2D eigenvalue weighted by molar-refractivity contribution is -0.145. The molecule has 1 N–H and O–H groups in total. The molecule has 0 fully saturated rings. The monoisotopic (exact) mass is 321 g/mol. The Hall–Kier alpha value is -2.04. The van der Waals surface area contributed by atoms with Crippen LogP contribution < -0.4 is 0 Å². The Labute approximate surface area is 138 Å². The van der Waals surface area contributed by atoms with Crippen LogP contribution in [0.2, 0.25) is 0 Å². The van der Waals surface area contributed by atoms with Gasteiger partial charge in [0.05, 0.1) is 0 Å². The molecular formula is C18H27NO4. The van der Waals surface area contributed by atoms with Gasteiger partial charge in [0.15, 0.2) is 0 Å².